The fraction of sp³-hybridized carbons (Fsp3) is 0.538. The van der Waals surface area contributed by atoms with Crippen LogP contribution in [0.2, 0.25) is 0 Å². The van der Waals surface area contributed by atoms with E-state index in [-0.39, 0.29) is 12.1 Å². The second-order valence-electron chi connectivity index (χ2n) is 5.30. The largest absolute Gasteiger partial charge is 0.393 e. The second-order valence-corrected chi connectivity index (χ2v) is 7.00. The van der Waals surface area contributed by atoms with Crippen molar-refractivity contribution in [2.75, 3.05) is 6.54 Å². The summed E-state index contributed by atoms with van der Waals surface area (Å²) in [6.45, 7) is 0.947. The minimum atomic E-state index is -3.44. The highest BCUT2D eigenvalue weighted by Crippen LogP contribution is 2.24. The number of nitrogens with one attached hydrogen (secondary N) is 1. The second kappa shape index (κ2) is 4.86. The monoisotopic (exact) mass is 282 g/mol. The molecule has 1 fully saturated rings. The lowest BCUT2D eigenvalue weighted by Crippen LogP contribution is -2.52. The van der Waals surface area contributed by atoms with Gasteiger partial charge in [0.25, 0.3) is 10.2 Å². The van der Waals surface area contributed by atoms with Crippen LogP contribution >= 0.6 is 0 Å². The molecule has 0 atom stereocenters. The van der Waals surface area contributed by atoms with Gasteiger partial charge in [-0.15, -0.1) is 0 Å². The quantitative estimate of drug-likeness (QED) is 0.843. The van der Waals surface area contributed by atoms with Crippen LogP contribution in [0.1, 0.15) is 24.0 Å². The molecule has 1 aromatic rings. The van der Waals surface area contributed by atoms with Crippen molar-refractivity contribution in [1.29, 1.82) is 0 Å². The molecule has 0 aromatic heterocycles. The van der Waals surface area contributed by atoms with Crippen LogP contribution in [0.25, 0.3) is 0 Å². The van der Waals surface area contributed by atoms with Crippen molar-refractivity contribution in [1.82, 2.24) is 9.03 Å². The molecular formula is C13H18N2O3S. The number of benzene rings is 1. The van der Waals surface area contributed by atoms with Gasteiger partial charge in [-0.3, -0.25) is 0 Å². The Labute approximate surface area is 113 Å². The Morgan fingerprint density at radius 3 is 2.58 bits per heavy atom. The SMILES string of the molecule is O=S(=O)(NC1CC(O)C1)N1CCc2ccccc2C1. The van der Waals surface area contributed by atoms with Gasteiger partial charge in [0, 0.05) is 19.1 Å². The average molecular weight is 282 g/mol. The van der Waals surface area contributed by atoms with Crippen LogP contribution < -0.4 is 4.72 Å². The molecule has 1 aliphatic heterocycles. The summed E-state index contributed by atoms with van der Waals surface area (Å²) in [6, 6.07) is 7.83. The summed E-state index contributed by atoms with van der Waals surface area (Å²) in [7, 11) is -3.44. The van der Waals surface area contributed by atoms with Crippen LogP contribution in [0.15, 0.2) is 24.3 Å². The van der Waals surface area contributed by atoms with E-state index in [4.69, 9.17) is 0 Å². The van der Waals surface area contributed by atoms with E-state index >= 15 is 0 Å². The summed E-state index contributed by atoms with van der Waals surface area (Å²) in [5.41, 5.74) is 2.31. The van der Waals surface area contributed by atoms with Crippen LogP contribution in [0.3, 0.4) is 0 Å². The molecule has 6 heteroatoms. The molecule has 2 aliphatic rings. The van der Waals surface area contributed by atoms with Crippen molar-refractivity contribution in [3.63, 3.8) is 0 Å². The first-order valence-electron chi connectivity index (χ1n) is 6.57. The molecule has 3 rings (SSSR count). The van der Waals surface area contributed by atoms with E-state index in [0.717, 1.165) is 12.0 Å². The van der Waals surface area contributed by atoms with Crippen LogP contribution in [0.4, 0.5) is 0 Å². The fourth-order valence-corrected chi connectivity index (χ4v) is 4.05. The van der Waals surface area contributed by atoms with Crippen molar-refractivity contribution >= 4 is 10.2 Å². The molecule has 2 N–H and O–H groups in total. The van der Waals surface area contributed by atoms with Gasteiger partial charge >= 0.3 is 0 Å². The van der Waals surface area contributed by atoms with E-state index in [2.05, 4.69) is 10.8 Å². The van der Waals surface area contributed by atoms with Crippen LogP contribution in [0, 0.1) is 0 Å². The summed E-state index contributed by atoms with van der Waals surface area (Å²) in [5, 5.41) is 9.21. The molecule has 0 saturated heterocycles. The first-order chi connectivity index (χ1) is 9.04. The van der Waals surface area contributed by atoms with Gasteiger partial charge in [-0.2, -0.15) is 17.4 Å². The number of aliphatic hydroxyl groups excluding tert-OH is 1. The Hall–Kier alpha value is -0.950. The van der Waals surface area contributed by atoms with Gasteiger partial charge in [0.15, 0.2) is 0 Å². The van der Waals surface area contributed by atoms with Crippen molar-refractivity contribution in [3.8, 4) is 0 Å². The first kappa shape index (κ1) is 13.1. The number of aliphatic hydroxyl groups is 1. The summed E-state index contributed by atoms with van der Waals surface area (Å²) < 4.78 is 28.6. The highest BCUT2D eigenvalue weighted by Gasteiger charge is 2.34. The minimum Gasteiger partial charge on any atom is -0.393 e. The molecule has 0 amide bonds. The first-order valence-corrected chi connectivity index (χ1v) is 8.01. The third kappa shape index (κ3) is 2.67. The van der Waals surface area contributed by atoms with Gasteiger partial charge in [-0.25, -0.2) is 0 Å². The van der Waals surface area contributed by atoms with Gasteiger partial charge in [0.1, 0.15) is 0 Å². The average Bonchev–Trinajstić information content (AvgIpc) is 2.36. The van der Waals surface area contributed by atoms with Crippen LogP contribution in [-0.2, 0) is 23.2 Å². The van der Waals surface area contributed by atoms with E-state index in [9.17, 15) is 13.5 Å². The fourth-order valence-electron chi connectivity index (χ4n) is 2.64. The molecule has 1 aromatic carbocycles. The zero-order chi connectivity index (χ0) is 13.5. The standard InChI is InChI=1S/C13H18N2O3S/c16-13-7-12(8-13)14-19(17,18)15-6-5-10-3-1-2-4-11(10)9-15/h1-4,12-14,16H,5-9H2. The van der Waals surface area contributed by atoms with E-state index in [1.54, 1.807) is 0 Å². The topological polar surface area (TPSA) is 69.6 Å². The molecule has 0 spiro atoms. The zero-order valence-electron chi connectivity index (χ0n) is 10.6. The number of nitrogens with zero attached hydrogens (tertiary/aromatic N) is 1. The minimum absolute atomic E-state index is 0.114. The van der Waals surface area contributed by atoms with E-state index in [1.807, 2.05) is 18.2 Å². The molecule has 5 nitrogen and oxygen atoms in total. The highest BCUT2D eigenvalue weighted by molar-refractivity contribution is 7.87. The lowest BCUT2D eigenvalue weighted by atomic mass is 9.91. The predicted octanol–water partition coefficient (Wildman–Crippen LogP) is 0.402. The van der Waals surface area contributed by atoms with Gasteiger partial charge in [-0.05, 0) is 30.4 Å². The Bertz CT molecular complexity index is 567. The molecule has 0 bridgehead atoms. The maximum Gasteiger partial charge on any atom is 0.280 e. The Kier molecular flexibility index (Phi) is 3.34. The van der Waals surface area contributed by atoms with E-state index < -0.39 is 10.2 Å². The van der Waals surface area contributed by atoms with Gasteiger partial charge in [-0.1, -0.05) is 24.3 Å². The lowest BCUT2D eigenvalue weighted by molar-refractivity contribution is 0.0704. The van der Waals surface area contributed by atoms with Gasteiger partial charge in [0.05, 0.1) is 6.10 Å². The maximum absolute atomic E-state index is 12.2. The smallest absolute Gasteiger partial charge is 0.280 e. The number of hydrogen-bond acceptors (Lipinski definition) is 3. The molecule has 1 heterocycles. The molecule has 104 valence electrons. The van der Waals surface area contributed by atoms with E-state index in [1.165, 1.54) is 9.87 Å². The van der Waals surface area contributed by atoms with Crippen molar-refractivity contribution in [2.24, 2.45) is 0 Å². The van der Waals surface area contributed by atoms with Crippen molar-refractivity contribution in [2.45, 2.75) is 38.0 Å². The summed E-state index contributed by atoms with van der Waals surface area (Å²) in [4.78, 5) is 0. The third-order valence-electron chi connectivity index (χ3n) is 3.86. The molecular weight excluding hydrogens is 264 g/mol. The third-order valence-corrected chi connectivity index (χ3v) is 5.49. The van der Waals surface area contributed by atoms with Gasteiger partial charge in [0.2, 0.25) is 0 Å². The molecule has 1 aliphatic carbocycles. The Morgan fingerprint density at radius 1 is 1.21 bits per heavy atom. The molecule has 0 radical (unpaired) electrons. The predicted molar refractivity (Wildman–Crippen MR) is 71.6 cm³/mol. The van der Waals surface area contributed by atoms with Gasteiger partial charge < -0.3 is 5.11 Å². The summed E-state index contributed by atoms with van der Waals surface area (Å²) >= 11 is 0. The number of rotatable bonds is 3. The molecule has 1 saturated carbocycles. The summed E-state index contributed by atoms with van der Waals surface area (Å²) in [5.74, 6) is 0. The summed E-state index contributed by atoms with van der Waals surface area (Å²) in [6.07, 6.45) is 1.44. The molecule has 19 heavy (non-hydrogen) atoms. The lowest BCUT2D eigenvalue weighted by Gasteiger charge is -2.35. The number of fused-ring (bicyclic) bond motifs is 1. The molecule has 0 unspecified atom stereocenters. The van der Waals surface area contributed by atoms with Crippen LogP contribution in [0.5, 0.6) is 0 Å². The van der Waals surface area contributed by atoms with Crippen molar-refractivity contribution < 1.29 is 13.5 Å². The zero-order valence-corrected chi connectivity index (χ0v) is 11.4. The number of hydrogen-bond donors (Lipinski definition) is 2. The Balaban J connectivity index is 1.70. The van der Waals surface area contributed by atoms with E-state index in [0.29, 0.717) is 25.9 Å². The normalized spacial score (nSPS) is 27.6. The maximum atomic E-state index is 12.2. The van der Waals surface area contributed by atoms with Crippen molar-refractivity contribution in [3.05, 3.63) is 35.4 Å². The highest BCUT2D eigenvalue weighted by atomic mass is 32.2. The Morgan fingerprint density at radius 2 is 1.89 bits per heavy atom. The van der Waals surface area contributed by atoms with Crippen LogP contribution in [-0.4, -0.2) is 36.5 Å².